The number of hydrogen-bond acceptors (Lipinski definition) is 4. The van der Waals surface area contributed by atoms with Crippen molar-refractivity contribution in [3.63, 3.8) is 0 Å². The van der Waals surface area contributed by atoms with Crippen molar-refractivity contribution in [1.82, 2.24) is 5.32 Å². The van der Waals surface area contributed by atoms with E-state index < -0.39 is 17.6 Å². The molecule has 1 heterocycles. The number of imide groups is 1. The van der Waals surface area contributed by atoms with Crippen LogP contribution in [0.5, 0.6) is 0 Å². The maximum atomic E-state index is 13.5. The number of halogens is 2. The van der Waals surface area contributed by atoms with E-state index in [0.29, 0.717) is 22.6 Å². The molecule has 4 N–H and O–H groups in total. The number of hydrogen-bond donors (Lipinski definition) is 3. The van der Waals surface area contributed by atoms with Gasteiger partial charge in [0.25, 0.3) is 11.8 Å². The molecule has 0 bridgehead atoms. The van der Waals surface area contributed by atoms with Gasteiger partial charge in [-0.25, -0.2) is 4.39 Å². The smallest absolute Gasteiger partial charge is 0.259 e. The fourth-order valence-electron chi connectivity index (χ4n) is 2.07. The number of benzene rings is 2. The van der Waals surface area contributed by atoms with Crippen molar-refractivity contribution in [1.29, 1.82) is 0 Å². The minimum absolute atomic E-state index is 0.268. The third kappa shape index (κ3) is 2.36. The van der Waals surface area contributed by atoms with E-state index in [2.05, 4.69) is 26.6 Å². The van der Waals surface area contributed by atoms with Crippen molar-refractivity contribution in [3.8, 4) is 0 Å². The minimum atomic E-state index is -0.458. The summed E-state index contributed by atoms with van der Waals surface area (Å²) in [5.74, 6) is -1.33. The van der Waals surface area contributed by atoms with Gasteiger partial charge in [-0.15, -0.1) is 0 Å². The summed E-state index contributed by atoms with van der Waals surface area (Å²) in [6.45, 7) is 0. The molecule has 2 aromatic rings. The van der Waals surface area contributed by atoms with Gasteiger partial charge in [0, 0.05) is 11.8 Å². The van der Waals surface area contributed by atoms with Crippen molar-refractivity contribution in [2.75, 3.05) is 11.1 Å². The van der Waals surface area contributed by atoms with E-state index in [0.717, 1.165) is 0 Å². The molecular weight excluding hydrogens is 341 g/mol. The van der Waals surface area contributed by atoms with Crippen LogP contribution in [0.25, 0.3) is 0 Å². The van der Waals surface area contributed by atoms with Gasteiger partial charge in [0.05, 0.1) is 27.0 Å². The number of rotatable bonds is 2. The quantitative estimate of drug-likeness (QED) is 0.574. The lowest BCUT2D eigenvalue weighted by Crippen LogP contribution is -2.19. The van der Waals surface area contributed by atoms with Gasteiger partial charge < -0.3 is 11.1 Å². The van der Waals surface area contributed by atoms with E-state index >= 15 is 0 Å². The number of nitrogens with one attached hydrogen (secondary N) is 2. The van der Waals surface area contributed by atoms with Crippen LogP contribution >= 0.6 is 15.9 Å². The average Bonchev–Trinajstić information content (AvgIpc) is 2.71. The maximum absolute atomic E-state index is 13.5. The summed E-state index contributed by atoms with van der Waals surface area (Å²) in [7, 11) is 0. The van der Waals surface area contributed by atoms with Gasteiger partial charge in [0.1, 0.15) is 5.82 Å². The summed E-state index contributed by atoms with van der Waals surface area (Å²) < 4.78 is 13.8. The number of carbonyl (C=O) groups is 2. The summed E-state index contributed by atoms with van der Waals surface area (Å²) in [5, 5.41) is 5.13. The van der Waals surface area contributed by atoms with Crippen molar-refractivity contribution in [2.24, 2.45) is 0 Å². The Kier molecular flexibility index (Phi) is 3.13. The monoisotopic (exact) mass is 349 g/mol. The second-order valence-corrected chi connectivity index (χ2v) is 5.38. The van der Waals surface area contributed by atoms with Gasteiger partial charge >= 0.3 is 0 Å². The Morgan fingerprint density at radius 2 is 1.81 bits per heavy atom. The fourth-order valence-corrected chi connectivity index (χ4v) is 2.43. The first-order valence-electron chi connectivity index (χ1n) is 5.97. The van der Waals surface area contributed by atoms with Crippen molar-refractivity contribution >= 4 is 44.8 Å². The van der Waals surface area contributed by atoms with Crippen LogP contribution in [0.4, 0.5) is 21.5 Å². The topological polar surface area (TPSA) is 84.2 Å². The van der Waals surface area contributed by atoms with Crippen LogP contribution in [0.15, 0.2) is 34.8 Å². The van der Waals surface area contributed by atoms with Gasteiger partial charge in [0.15, 0.2) is 0 Å². The van der Waals surface area contributed by atoms with E-state index in [1.54, 1.807) is 6.07 Å². The Labute approximate surface area is 127 Å². The molecule has 0 atom stereocenters. The van der Waals surface area contributed by atoms with Crippen molar-refractivity contribution < 1.29 is 14.0 Å². The summed E-state index contributed by atoms with van der Waals surface area (Å²) in [6.07, 6.45) is 0. The Morgan fingerprint density at radius 3 is 2.57 bits per heavy atom. The van der Waals surface area contributed by atoms with Crippen molar-refractivity contribution in [3.05, 3.63) is 51.7 Å². The molecule has 0 saturated heterocycles. The predicted octanol–water partition coefficient (Wildman–Crippen LogP) is 2.80. The zero-order valence-electron chi connectivity index (χ0n) is 10.5. The average molecular weight is 350 g/mol. The zero-order valence-corrected chi connectivity index (χ0v) is 12.1. The summed E-state index contributed by atoms with van der Waals surface area (Å²) in [6, 6.07) is 7.37. The van der Waals surface area contributed by atoms with E-state index in [1.165, 1.54) is 24.3 Å². The second kappa shape index (κ2) is 4.85. The Morgan fingerprint density at radius 1 is 1.10 bits per heavy atom. The molecule has 2 aromatic carbocycles. The third-order valence-corrected chi connectivity index (χ3v) is 3.72. The molecule has 0 aliphatic carbocycles. The Hall–Kier alpha value is -2.41. The van der Waals surface area contributed by atoms with Crippen LogP contribution in [-0.2, 0) is 0 Å². The van der Waals surface area contributed by atoms with Gasteiger partial charge in [0.2, 0.25) is 0 Å². The van der Waals surface area contributed by atoms with Crippen LogP contribution in [0.1, 0.15) is 20.7 Å². The van der Waals surface area contributed by atoms with E-state index in [-0.39, 0.29) is 10.0 Å². The first kappa shape index (κ1) is 13.6. The molecule has 2 amide bonds. The number of amides is 2. The second-order valence-electron chi connectivity index (χ2n) is 4.52. The van der Waals surface area contributed by atoms with Crippen LogP contribution in [0.3, 0.4) is 0 Å². The molecule has 0 radical (unpaired) electrons. The first-order valence-corrected chi connectivity index (χ1v) is 6.76. The molecule has 0 spiro atoms. The van der Waals surface area contributed by atoms with E-state index in [9.17, 15) is 14.0 Å². The molecule has 21 heavy (non-hydrogen) atoms. The van der Waals surface area contributed by atoms with Crippen LogP contribution in [-0.4, -0.2) is 11.8 Å². The molecule has 1 aliphatic heterocycles. The van der Waals surface area contributed by atoms with Crippen molar-refractivity contribution in [2.45, 2.75) is 0 Å². The molecule has 5 nitrogen and oxygen atoms in total. The lowest BCUT2D eigenvalue weighted by Gasteiger charge is -2.11. The highest BCUT2D eigenvalue weighted by Crippen LogP contribution is 2.30. The number of nitrogens with two attached hydrogens (primary N) is 1. The Balaban J connectivity index is 1.97. The molecule has 0 saturated carbocycles. The highest BCUT2D eigenvalue weighted by Gasteiger charge is 2.26. The van der Waals surface area contributed by atoms with Crippen LogP contribution < -0.4 is 16.4 Å². The third-order valence-electron chi connectivity index (χ3n) is 3.11. The molecule has 0 fully saturated rings. The fraction of sp³-hybridized carbons (Fsp3) is 0. The summed E-state index contributed by atoms with van der Waals surface area (Å²) in [5.41, 5.74) is 7.67. The Bertz CT molecular complexity index is 792. The number of anilines is 3. The number of fused-ring (bicyclic) bond motifs is 1. The van der Waals surface area contributed by atoms with Crippen LogP contribution in [0.2, 0.25) is 0 Å². The molecular formula is C14H9BrFN3O2. The molecule has 0 aromatic heterocycles. The highest BCUT2D eigenvalue weighted by molar-refractivity contribution is 9.10. The van der Waals surface area contributed by atoms with Gasteiger partial charge in [-0.05, 0) is 40.2 Å². The van der Waals surface area contributed by atoms with Gasteiger partial charge in [-0.1, -0.05) is 0 Å². The molecule has 3 rings (SSSR count). The normalized spacial score (nSPS) is 13.0. The summed E-state index contributed by atoms with van der Waals surface area (Å²) in [4.78, 5) is 23.1. The summed E-state index contributed by atoms with van der Waals surface area (Å²) >= 11 is 3.05. The van der Waals surface area contributed by atoms with Gasteiger partial charge in [-0.3, -0.25) is 14.9 Å². The maximum Gasteiger partial charge on any atom is 0.259 e. The zero-order chi connectivity index (χ0) is 15.1. The standard InChI is InChI=1S/C14H9BrFN3O2/c15-9-4-11(17)12(5-10(9)16)18-6-1-2-7-8(3-6)14(21)19-13(7)20/h1-5,18H,17H2,(H,19,20,21). The van der Waals surface area contributed by atoms with Gasteiger partial charge in [-0.2, -0.15) is 0 Å². The molecule has 7 heteroatoms. The molecule has 0 unspecified atom stereocenters. The highest BCUT2D eigenvalue weighted by atomic mass is 79.9. The minimum Gasteiger partial charge on any atom is -0.397 e. The largest absolute Gasteiger partial charge is 0.397 e. The van der Waals surface area contributed by atoms with Crippen LogP contribution in [0, 0.1) is 5.82 Å². The SMILES string of the molecule is Nc1cc(Br)c(F)cc1Nc1ccc2c(c1)C(=O)NC2=O. The van der Waals surface area contributed by atoms with E-state index in [4.69, 9.17) is 5.73 Å². The first-order chi connectivity index (χ1) is 9.95. The molecule has 106 valence electrons. The number of nitrogen functional groups attached to an aromatic ring is 1. The predicted molar refractivity (Wildman–Crippen MR) is 80.0 cm³/mol. The lowest BCUT2D eigenvalue weighted by molar-refractivity contribution is 0.0879. The lowest BCUT2D eigenvalue weighted by atomic mass is 10.1. The molecule has 1 aliphatic rings. The number of carbonyl (C=O) groups excluding carboxylic acids is 2. The van der Waals surface area contributed by atoms with E-state index in [1.807, 2.05) is 0 Å².